The minimum atomic E-state index is 0.0962. The van der Waals surface area contributed by atoms with E-state index in [1.165, 1.54) is 11.9 Å². The molecule has 0 aliphatic carbocycles. The molecule has 7 heteroatoms. The van der Waals surface area contributed by atoms with Crippen LogP contribution < -0.4 is 19.1 Å². The average Bonchev–Trinajstić information content (AvgIpc) is 3.07. The zero-order valence-corrected chi connectivity index (χ0v) is 16.7. The second-order valence-electron chi connectivity index (χ2n) is 6.22. The lowest BCUT2D eigenvalue weighted by atomic mass is 10.3. The van der Waals surface area contributed by atoms with Crippen molar-refractivity contribution >= 4 is 29.4 Å². The SMILES string of the molecule is CCCN1CCN(c2ccc(SNc3cc(OC)cc(OC)c3)cc2)C1=O. The molecule has 27 heavy (non-hydrogen) atoms. The summed E-state index contributed by atoms with van der Waals surface area (Å²) in [5.41, 5.74) is 1.83. The van der Waals surface area contributed by atoms with E-state index in [1.54, 1.807) is 14.2 Å². The van der Waals surface area contributed by atoms with Gasteiger partial charge in [0.05, 0.1) is 19.9 Å². The number of nitrogens with zero attached hydrogens (tertiary/aromatic N) is 2. The van der Waals surface area contributed by atoms with Gasteiger partial charge >= 0.3 is 6.03 Å². The first-order valence-corrected chi connectivity index (χ1v) is 9.78. The summed E-state index contributed by atoms with van der Waals surface area (Å²) >= 11 is 1.50. The molecule has 2 aromatic rings. The van der Waals surface area contributed by atoms with Crippen LogP contribution in [0.4, 0.5) is 16.2 Å². The Morgan fingerprint density at radius 1 is 1.04 bits per heavy atom. The van der Waals surface area contributed by atoms with E-state index in [4.69, 9.17) is 9.47 Å². The average molecular weight is 388 g/mol. The smallest absolute Gasteiger partial charge is 0.324 e. The molecular formula is C20H25N3O3S. The molecule has 1 fully saturated rings. The number of carbonyl (C=O) groups is 1. The van der Waals surface area contributed by atoms with Crippen molar-refractivity contribution < 1.29 is 14.3 Å². The standard InChI is InChI=1S/C20H25N3O3S/c1-4-9-22-10-11-23(20(22)24)16-5-7-19(8-6-16)27-21-15-12-17(25-2)14-18(13-15)26-3/h5-8,12-14,21H,4,9-11H2,1-3H3. The van der Waals surface area contributed by atoms with E-state index in [2.05, 4.69) is 11.6 Å². The number of benzene rings is 2. The highest BCUT2D eigenvalue weighted by Gasteiger charge is 2.28. The van der Waals surface area contributed by atoms with Crippen LogP contribution in [0.1, 0.15) is 13.3 Å². The first-order chi connectivity index (χ1) is 13.1. The molecule has 0 spiro atoms. The van der Waals surface area contributed by atoms with Gasteiger partial charge in [-0.3, -0.25) is 4.90 Å². The van der Waals surface area contributed by atoms with E-state index >= 15 is 0 Å². The summed E-state index contributed by atoms with van der Waals surface area (Å²) in [6.45, 7) is 4.44. The number of amides is 2. The van der Waals surface area contributed by atoms with Crippen LogP contribution in [-0.4, -0.2) is 44.8 Å². The van der Waals surface area contributed by atoms with Crippen molar-refractivity contribution in [3.8, 4) is 11.5 Å². The molecule has 1 heterocycles. The molecule has 0 aromatic heterocycles. The van der Waals surface area contributed by atoms with E-state index in [-0.39, 0.29) is 6.03 Å². The highest BCUT2D eigenvalue weighted by Crippen LogP contribution is 2.30. The minimum Gasteiger partial charge on any atom is -0.497 e. The number of hydrogen-bond acceptors (Lipinski definition) is 5. The van der Waals surface area contributed by atoms with Gasteiger partial charge in [0, 0.05) is 48.4 Å². The van der Waals surface area contributed by atoms with Crippen LogP contribution in [-0.2, 0) is 0 Å². The van der Waals surface area contributed by atoms with Crippen LogP contribution in [0.3, 0.4) is 0 Å². The van der Waals surface area contributed by atoms with Gasteiger partial charge in [-0.1, -0.05) is 6.92 Å². The minimum absolute atomic E-state index is 0.0962. The third-order valence-corrected chi connectivity index (χ3v) is 5.22. The third kappa shape index (κ3) is 4.60. The normalized spacial score (nSPS) is 13.8. The van der Waals surface area contributed by atoms with Crippen molar-refractivity contribution in [3.05, 3.63) is 42.5 Å². The predicted octanol–water partition coefficient (Wildman–Crippen LogP) is 4.48. The highest BCUT2D eigenvalue weighted by molar-refractivity contribution is 8.00. The van der Waals surface area contributed by atoms with Crippen molar-refractivity contribution in [1.82, 2.24) is 4.90 Å². The molecule has 1 aliphatic heterocycles. The zero-order valence-electron chi connectivity index (χ0n) is 15.9. The molecule has 2 aromatic carbocycles. The maximum Gasteiger partial charge on any atom is 0.324 e. The van der Waals surface area contributed by atoms with Gasteiger partial charge in [-0.05, 0) is 42.6 Å². The van der Waals surface area contributed by atoms with Crippen molar-refractivity contribution in [2.24, 2.45) is 0 Å². The fraction of sp³-hybridized carbons (Fsp3) is 0.350. The Hall–Kier alpha value is -2.54. The molecule has 0 bridgehead atoms. The summed E-state index contributed by atoms with van der Waals surface area (Å²) in [6.07, 6.45) is 0.982. The van der Waals surface area contributed by atoms with Gasteiger partial charge in [0.15, 0.2) is 0 Å². The summed E-state index contributed by atoms with van der Waals surface area (Å²) < 4.78 is 13.9. The summed E-state index contributed by atoms with van der Waals surface area (Å²) in [5.74, 6) is 1.47. The Labute approximate surface area is 164 Å². The van der Waals surface area contributed by atoms with Gasteiger partial charge in [0.2, 0.25) is 0 Å². The Kier molecular flexibility index (Phi) is 6.34. The summed E-state index contributed by atoms with van der Waals surface area (Å²) in [6, 6.07) is 13.8. The van der Waals surface area contributed by atoms with Gasteiger partial charge < -0.3 is 19.1 Å². The lowest BCUT2D eigenvalue weighted by Crippen LogP contribution is -2.32. The van der Waals surface area contributed by atoms with Crippen LogP contribution in [0, 0.1) is 0 Å². The Balaban J connectivity index is 1.62. The highest BCUT2D eigenvalue weighted by atomic mass is 32.2. The first kappa shape index (κ1) is 19.2. The lowest BCUT2D eigenvalue weighted by Gasteiger charge is -2.18. The first-order valence-electron chi connectivity index (χ1n) is 8.97. The molecule has 6 nitrogen and oxygen atoms in total. The van der Waals surface area contributed by atoms with E-state index in [1.807, 2.05) is 52.3 Å². The van der Waals surface area contributed by atoms with Gasteiger partial charge in [0.25, 0.3) is 0 Å². The summed E-state index contributed by atoms with van der Waals surface area (Å²) in [7, 11) is 3.26. The van der Waals surface area contributed by atoms with Gasteiger partial charge in [-0.25, -0.2) is 4.79 Å². The predicted molar refractivity (Wildman–Crippen MR) is 110 cm³/mol. The number of ether oxygens (including phenoxy) is 2. The Morgan fingerprint density at radius 3 is 2.30 bits per heavy atom. The number of rotatable bonds is 8. The van der Waals surface area contributed by atoms with Crippen LogP contribution in [0.5, 0.6) is 11.5 Å². The van der Waals surface area contributed by atoms with Gasteiger partial charge in [0.1, 0.15) is 11.5 Å². The zero-order chi connectivity index (χ0) is 19.2. The van der Waals surface area contributed by atoms with E-state index in [9.17, 15) is 4.79 Å². The van der Waals surface area contributed by atoms with Crippen molar-refractivity contribution in [1.29, 1.82) is 0 Å². The van der Waals surface area contributed by atoms with Gasteiger partial charge in [-0.15, -0.1) is 0 Å². The maximum atomic E-state index is 12.4. The topological polar surface area (TPSA) is 54.0 Å². The largest absolute Gasteiger partial charge is 0.497 e. The number of nitrogens with one attached hydrogen (secondary N) is 1. The monoisotopic (exact) mass is 387 g/mol. The second-order valence-corrected chi connectivity index (χ2v) is 7.10. The summed E-state index contributed by atoms with van der Waals surface area (Å²) in [4.78, 5) is 17.2. The van der Waals surface area contributed by atoms with E-state index < -0.39 is 0 Å². The fourth-order valence-corrected chi connectivity index (χ4v) is 3.60. The molecule has 0 saturated carbocycles. The molecule has 1 saturated heterocycles. The molecule has 1 N–H and O–H groups in total. The summed E-state index contributed by atoms with van der Waals surface area (Å²) in [5, 5.41) is 0. The molecule has 1 aliphatic rings. The van der Waals surface area contributed by atoms with E-state index in [0.29, 0.717) is 0 Å². The number of methoxy groups -OCH3 is 2. The molecule has 144 valence electrons. The second kappa shape index (κ2) is 8.90. The number of anilines is 2. The quantitative estimate of drug-likeness (QED) is 0.677. The van der Waals surface area contributed by atoms with Crippen LogP contribution in [0.2, 0.25) is 0 Å². The van der Waals surface area contributed by atoms with Crippen LogP contribution in [0.15, 0.2) is 47.4 Å². The molecule has 0 unspecified atom stereocenters. The number of hydrogen-bond donors (Lipinski definition) is 1. The lowest BCUT2D eigenvalue weighted by molar-refractivity contribution is 0.220. The number of carbonyl (C=O) groups excluding carboxylic acids is 1. The number of urea groups is 1. The maximum absolute atomic E-state index is 12.4. The van der Waals surface area contributed by atoms with Crippen molar-refractivity contribution in [3.63, 3.8) is 0 Å². The Morgan fingerprint density at radius 2 is 1.70 bits per heavy atom. The van der Waals surface area contributed by atoms with Crippen LogP contribution >= 0.6 is 11.9 Å². The molecule has 0 atom stereocenters. The fourth-order valence-electron chi connectivity index (χ4n) is 2.98. The Bertz CT molecular complexity index is 760. The molecule has 2 amide bonds. The van der Waals surface area contributed by atoms with Gasteiger partial charge in [-0.2, -0.15) is 0 Å². The third-order valence-electron chi connectivity index (χ3n) is 4.38. The van der Waals surface area contributed by atoms with Crippen molar-refractivity contribution in [2.45, 2.75) is 18.2 Å². The molecule has 0 radical (unpaired) electrons. The molecular weight excluding hydrogens is 362 g/mol. The van der Waals surface area contributed by atoms with Crippen LogP contribution in [0.25, 0.3) is 0 Å². The molecule has 3 rings (SSSR count). The van der Waals surface area contributed by atoms with Crippen molar-refractivity contribution in [2.75, 3.05) is 43.5 Å². The van der Waals surface area contributed by atoms with E-state index in [0.717, 1.165) is 53.8 Å².